The predicted molar refractivity (Wildman–Crippen MR) is 178 cm³/mol. The minimum Gasteiger partial charge on any atom is -0.493 e. The van der Waals surface area contributed by atoms with Gasteiger partial charge in [-0.3, -0.25) is 9.69 Å². The van der Waals surface area contributed by atoms with E-state index in [4.69, 9.17) is 23.7 Å². The Bertz CT molecular complexity index is 1600. The third-order valence-electron chi connectivity index (χ3n) is 14.9. The molecule has 4 saturated carbocycles. The lowest BCUT2D eigenvalue weighted by Crippen LogP contribution is -2.77. The van der Waals surface area contributed by atoms with E-state index in [2.05, 4.69) is 11.8 Å². The van der Waals surface area contributed by atoms with Crippen LogP contribution in [-0.2, 0) is 19.0 Å². The Morgan fingerprint density at radius 3 is 2.39 bits per heavy atom. The Morgan fingerprint density at radius 2 is 1.71 bits per heavy atom. The van der Waals surface area contributed by atoms with E-state index < -0.39 is 93.9 Å². The number of aliphatic hydroxyl groups excluding tert-OH is 2. The molecule has 0 unspecified atom stereocenters. The zero-order valence-electron chi connectivity index (χ0n) is 30.3. The van der Waals surface area contributed by atoms with E-state index >= 15 is 0 Å². The second kappa shape index (κ2) is 11.5. The van der Waals surface area contributed by atoms with Crippen LogP contribution < -0.4 is 9.47 Å². The molecule has 1 spiro atoms. The normalized spacial score (nSPS) is 51.0. The van der Waals surface area contributed by atoms with Crippen molar-refractivity contribution < 1.29 is 58.8 Å². The number of rotatable bonds is 5. The first-order valence-corrected chi connectivity index (χ1v) is 18.6. The number of carbonyl (C=O) groups is 2. The van der Waals surface area contributed by atoms with Crippen molar-refractivity contribution in [1.29, 1.82) is 0 Å². The lowest BCUT2D eigenvalue weighted by molar-refractivity contribution is -0.296. The van der Waals surface area contributed by atoms with Gasteiger partial charge in [-0.05, 0) is 81.4 Å². The van der Waals surface area contributed by atoms with Crippen LogP contribution in [0.15, 0.2) is 18.2 Å². The van der Waals surface area contributed by atoms with Crippen LogP contribution in [0.25, 0.3) is 0 Å². The average molecular weight is 716 g/mol. The van der Waals surface area contributed by atoms with E-state index in [9.17, 15) is 35.1 Å². The molecule has 0 amide bonds. The summed E-state index contributed by atoms with van der Waals surface area (Å²) in [6, 6.07) is 4.28. The molecular formula is C38H53NO12. The Kier molecular flexibility index (Phi) is 8.00. The molecule has 3 saturated heterocycles. The minimum atomic E-state index is -2.03. The fourth-order valence-electron chi connectivity index (χ4n) is 13.0. The van der Waals surface area contributed by atoms with E-state index in [1.54, 1.807) is 13.0 Å². The van der Waals surface area contributed by atoms with Crippen LogP contribution in [0.2, 0.25) is 0 Å². The molecule has 7 fully saturated rings. The number of nitrogens with zero attached hydrogens (tertiary/aromatic N) is 1. The molecule has 1 aromatic rings. The molecule has 4 aliphatic carbocycles. The number of fused-ring (bicyclic) bond motifs is 5. The van der Waals surface area contributed by atoms with Gasteiger partial charge in [-0.1, -0.05) is 13.8 Å². The number of benzene rings is 1. The summed E-state index contributed by atoms with van der Waals surface area (Å²) < 4.78 is 29.5. The van der Waals surface area contributed by atoms with Gasteiger partial charge in [-0.15, -0.1) is 0 Å². The summed E-state index contributed by atoms with van der Waals surface area (Å²) >= 11 is 0. The van der Waals surface area contributed by atoms with Crippen LogP contribution >= 0.6 is 0 Å². The molecule has 3 heterocycles. The fraction of sp³-hybridized carbons (Fsp3) is 0.789. The van der Waals surface area contributed by atoms with Crippen molar-refractivity contribution in [3.8, 4) is 11.5 Å². The molecule has 3 aliphatic heterocycles. The molecule has 1 aromatic carbocycles. The predicted octanol–water partition coefficient (Wildman–Crippen LogP) is 1.64. The number of ether oxygens (including phenoxy) is 5. The summed E-state index contributed by atoms with van der Waals surface area (Å²) in [7, 11) is 2.92. The molecule has 5 N–H and O–H groups in total. The van der Waals surface area contributed by atoms with Gasteiger partial charge in [0, 0.05) is 49.2 Å². The second-order valence-electron chi connectivity index (χ2n) is 17.3. The van der Waals surface area contributed by atoms with Crippen molar-refractivity contribution >= 4 is 11.9 Å². The van der Waals surface area contributed by atoms with E-state index in [1.165, 1.54) is 33.3 Å². The molecule has 51 heavy (non-hydrogen) atoms. The van der Waals surface area contributed by atoms with Crippen LogP contribution in [0.4, 0.5) is 0 Å². The van der Waals surface area contributed by atoms with Crippen LogP contribution in [0, 0.1) is 40.9 Å². The summed E-state index contributed by atoms with van der Waals surface area (Å²) in [5.74, 6) is -5.93. The standard InChI is InChI=1S/C38H53NO12/c1-18-7-10-27-35(4,44)29-21(17-39(27)16-18)22-15-36-31(23(41)14-26-34(36,3)12-11-28(49-19(2)40)38(26,46)51-36)37(22,45)32(30(29)42)50-33(43)20-8-9-24(47-5)25(13-20)48-6/h8-9,13,18,21-23,26-32,41-42,44-46H,7,10-12,14-17H2,1-6H3/t18-,21-,22-,23+,26-,27-,28-,29+,30+,31+,32-,34-,35+,36+,37-,38-/m0/s1. The highest BCUT2D eigenvalue weighted by Gasteiger charge is 2.87. The van der Waals surface area contributed by atoms with Gasteiger partial charge in [0.25, 0.3) is 0 Å². The van der Waals surface area contributed by atoms with Crippen LogP contribution in [0.1, 0.15) is 76.6 Å². The smallest absolute Gasteiger partial charge is 0.338 e. The molecule has 7 aliphatic rings. The third kappa shape index (κ3) is 4.52. The van der Waals surface area contributed by atoms with Gasteiger partial charge in [-0.2, -0.15) is 0 Å². The molecule has 16 atom stereocenters. The lowest BCUT2D eigenvalue weighted by Gasteiger charge is -2.64. The van der Waals surface area contributed by atoms with E-state index in [0.29, 0.717) is 36.8 Å². The number of aliphatic hydroxyl groups is 5. The van der Waals surface area contributed by atoms with Gasteiger partial charge in [0.05, 0.1) is 43.2 Å². The second-order valence-corrected chi connectivity index (χ2v) is 17.3. The van der Waals surface area contributed by atoms with Crippen molar-refractivity contribution in [3.05, 3.63) is 23.8 Å². The van der Waals surface area contributed by atoms with Crippen molar-refractivity contribution in [3.63, 3.8) is 0 Å². The van der Waals surface area contributed by atoms with Crippen LogP contribution in [0.5, 0.6) is 11.5 Å². The first-order valence-electron chi connectivity index (χ1n) is 18.6. The highest BCUT2D eigenvalue weighted by atomic mass is 16.7. The Labute approximate surface area is 298 Å². The summed E-state index contributed by atoms with van der Waals surface area (Å²) in [6.45, 7) is 8.45. The molecule has 13 nitrogen and oxygen atoms in total. The summed E-state index contributed by atoms with van der Waals surface area (Å²) in [4.78, 5) is 28.5. The maximum absolute atomic E-state index is 14.1. The molecule has 13 heteroatoms. The maximum atomic E-state index is 14.1. The SMILES string of the molecule is COc1ccc(C(=O)O[C@H]2[C@H](O)[C@H]3[C@@H](CN4C[C@@H](C)CC[C@H]4[C@@]3(C)O)[C@@H]3C[C@]45O[C@]6(O)[C@@H](OC(C)=O)CC[C@@]4(C)[C@@H]6C[C@@H](O)[C@H]5[C@@]32O)cc1OC. The zero-order chi connectivity index (χ0) is 36.6. The van der Waals surface area contributed by atoms with Gasteiger partial charge in [0.15, 0.2) is 23.7 Å². The fourth-order valence-corrected chi connectivity index (χ4v) is 13.0. The van der Waals surface area contributed by atoms with Gasteiger partial charge in [0.1, 0.15) is 5.60 Å². The van der Waals surface area contributed by atoms with Gasteiger partial charge in [0.2, 0.25) is 5.79 Å². The number of carbonyl (C=O) groups excluding carboxylic acids is 2. The van der Waals surface area contributed by atoms with Crippen LogP contribution in [-0.4, -0.2) is 123 Å². The Hall–Kier alpha value is -2.52. The lowest BCUT2D eigenvalue weighted by atomic mass is 9.49. The number of hydrogen-bond acceptors (Lipinski definition) is 13. The zero-order valence-corrected chi connectivity index (χ0v) is 30.3. The summed E-state index contributed by atoms with van der Waals surface area (Å²) in [5, 5.41) is 63.0. The quantitative estimate of drug-likeness (QED) is 0.278. The van der Waals surface area contributed by atoms with Crippen molar-refractivity contribution in [2.75, 3.05) is 27.3 Å². The van der Waals surface area contributed by atoms with Crippen LogP contribution in [0.3, 0.4) is 0 Å². The van der Waals surface area contributed by atoms with E-state index in [1.807, 2.05) is 6.92 Å². The number of piperidine rings is 2. The number of methoxy groups -OCH3 is 2. The van der Waals surface area contributed by atoms with Gasteiger partial charge < -0.3 is 49.2 Å². The number of esters is 2. The Balaban J connectivity index is 1.26. The minimum absolute atomic E-state index is 0.0379. The summed E-state index contributed by atoms with van der Waals surface area (Å²) in [6.07, 6.45) is -2.61. The number of hydrogen-bond donors (Lipinski definition) is 5. The van der Waals surface area contributed by atoms with Crippen molar-refractivity contribution in [1.82, 2.24) is 4.90 Å². The first-order chi connectivity index (χ1) is 24.0. The maximum Gasteiger partial charge on any atom is 0.338 e. The molecule has 0 aromatic heterocycles. The molecule has 0 radical (unpaired) electrons. The highest BCUT2D eigenvalue weighted by Crippen LogP contribution is 2.77. The van der Waals surface area contributed by atoms with Gasteiger partial charge in [-0.25, -0.2) is 4.79 Å². The van der Waals surface area contributed by atoms with E-state index in [0.717, 1.165) is 19.4 Å². The Morgan fingerprint density at radius 1 is 0.980 bits per heavy atom. The van der Waals surface area contributed by atoms with E-state index in [-0.39, 0.29) is 24.4 Å². The van der Waals surface area contributed by atoms with Crippen molar-refractivity contribution in [2.24, 2.45) is 40.9 Å². The largest absolute Gasteiger partial charge is 0.493 e. The molecular weight excluding hydrogens is 662 g/mol. The first kappa shape index (κ1) is 35.5. The molecule has 4 bridgehead atoms. The monoisotopic (exact) mass is 715 g/mol. The molecule has 8 rings (SSSR count). The third-order valence-corrected chi connectivity index (χ3v) is 14.9. The molecule has 282 valence electrons. The summed E-state index contributed by atoms with van der Waals surface area (Å²) in [5.41, 5.74) is -5.46. The average Bonchev–Trinajstić information content (AvgIpc) is 3.35. The van der Waals surface area contributed by atoms with Crippen molar-refractivity contribution in [2.45, 2.75) is 119 Å². The highest BCUT2D eigenvalue weighted by molar-refractivity contribution is 5.90. The van der Waals surface area contributed by atoms with Gasteiger partial charge >= 0.3 is 11.9 Å². The topological polar surface area (TPSA) is 185 Å².